The molecule has 1 unspecified atom stereocenters. The van der Waals surface area contributed by atoms with Crippen molar-refractivity contribution in [1.82, 2.24) is 9.78 Å². The number of carboxylic acid groups (broad SMARTS) is 1. The van der Waals surface area contributed by atoms with Crippen LogP contribution in [0.5, 0.6) is 0 Å². The molecule has 1 aromatic heterocycles. The van der Waals surface area contributed by atoms with Crippen LogP contribution in [-0.2, 0) is 4.79 Å². The molecule has 0 amide bonds. The Labute approximate surface area is 118 Å². The van der Waals surface area contributed by atoms with Crippen molar-refractivity contribution in [1.29, 1.82) is 0 Å². The first-order valence-electron chi connectivity index (χ1n) is 7.64. The summed E-state index contributed by atoms with van der Waals surface area (Å²) in [5, 5.41) is 13.4. The van der Waals surface area contributed by atoms with E-state index in [-0.39, 0.29) is 0 Å². The second-order valence-electron chi connectivity index (χ2n) is 6.99. The summed E-state index contributed by atoms with van der Waals surface area (Å²) in [7, 11) is 0. The molecule has 1 atom stereocenters. The molecule has 0 aromatic carbocycles. The molecule has 4 aliphatic rings. The highest BCUT2D eigenvalue weighted by atomic mass is 16.4. The van der Waals surface area contributed by atoms with Crippen LogP contribution < -0.4 is 5.73 Å². The lowest BCUT2D eigenvalue weighted by Crippen LogP contribution is -2.46. The lowest BCUT2D eigenvalue weighted by molar-refractivity contribution is -0.138. The van der Waals surface area contributed by atoms with Crippen LogP contribution in [0, 0.1) is 23.7 Å². The van der Waals surface area contributed by atoms with Gasteiger partial charge in [0, 0.05) is 11.8 Å². The number of hydrogen-bond donors (Lipinski definition) is 2. The van der Waals surface area contributed by atoms with Gasteiger partial charge in [0.05, 0.1) is 12.2 Å². The van der Waals surface area contributed by atoms with Crippen molar-refractivity contribution in [2.45, 2.75) is 44.2 Å². The lowest BCUT2D eigenvalue weighted by atomic mass is 9.54. The third-order valence-electron chi connectivity index (χ3n) is 5.73. The molecule has 1 heterocycles. The molecule has 5 rings (SSSR count). The van der Waals surface area contributed by atoms with Gasteiger partial charge in [0.25, 0.3) is 0 Å². The van der Waals surface area contributed by atoms with E-state index in [1.807, 2.05) is 10.9 Å². The maximum absolute atomic E-state index is 11.0. The number of rotatable bonds is 3. The predicted octanol–water partition coefficient (Wildman–Crippen LogP) is 1.96. The van der Waals surface area contributed by atoms with Gasteiger partial charge in [0.1, 0.15) is 6.04 Å². The third kappa shape index (κ3) is 1.79. The van der Waals surface area contributed by atoms with Crippen molar-refractivity contribution < 1.29 is 9.90 Å². The first-order chi connectivity index (χ1) is 9.61. The minimum absolute atomic E-state index is 0.470. The van der Waals surface area contributed by atoms with E-state index in [9.17, 15) is 4.79 Å². The minimum atomic E-state index is -0.991. The summed E-state index contributed by atoms with van der Waals surface area (Å²) in [6.45, 7) is 0. The van der Waals surface area contributed by atoms with Gasteiger partial charge < -0.3 is 10.8 Å². The summed E-state index contributed by atoms with van der Waals surface area (Å²) >= 11 is 0. The molecule has 4 saturated carbocycles. The number of aliphatic carboxylic acids is 1. The number of nitrogens with two attached hydrogens (primary N) is 1. The minimum Gasteiger partial charge on any atom is -0.480 e. The van der Waals surface area contributed by atoms with E-state index in [4.69, 9.17) is 10.8 Å². The van der Waals surface area contributed by atoms with E-state index in [0.717, 1.165) is 23.7 Å². The van der Waals surface area contributed by atoms with Gasteiger partial charge in [-0.25, -0.2) is 0 Å². The number of carbonyl (C=O) groups is 1. The molecule has 0 aliphatic heterocycles. The van der Waals surface area contributed by atoms with Crippen LogP contribution in [0.15, 0.2) is 12.4 Å². The van der Waals surface area contributed by atoms with E-state index in [0.29, 0.717) is 11.6 Å². The van der Waals surface area contributed by atoms with E-state index >= 15 is 0 Å². The number of aromatic nitrogens is 2. The van der Waals surface area contributed by atoms with Gasteiger partial charge in [-0.2, -0.15) is 5.10 Å². The van der Waals surface area contributed by atoms with E-state index in [1.165, 1.54) is 32.1 Å². The fourth-order valence-corrected chi connectivity index (χ4v) is 5.15. The van der Waals surface area contributed by atoms with Gasteiger partial charge in [0.15, 0.2) is 0 Å². The summed E-state index contributed by atoms with van der Waals surface area (Å²) in [4.78, 5) is 11.0. The SMILES string of the molecule is NC(C(=O)O)c1cnn(C2C3CC4CC(C3)CC2C4)c1. The molecule has 0 spiro atoms. The summed E-state index contributed by atoms with van der Waals surface area (Å²) in [6, 6.07) is -0.488. The molecule has 4 fully saturated rings. The van der Waals surface area contributed by atoms with Gasteiger partial charge in [-0.15, -0.1) is 0 Å². The van der Waals surface area contributed by atoms with Gasteiger partial charge in [-0.3, -0.25) is 9.48 Å². The maximum atomic E-state index is 11.0. The van der Waals surface area contributed by atoms with Crippen LogP contribution in [0.4, 0.5) is 0 Å². The van der Waals surface area contributed by atoms with Crippen LogP contribution in [-0.4, -0.2) is 20.9 Å². The van der Waals surface area contributed by atoms with E-state index in [2.05, 4.69) is 5.10 Å². The van der Waals surface area contributed by atoms with Crippen molar-refractivity contribution in [3.8, 4) is 0 Å². The summed E-state index contributed by atoms with van der Waals surface area (Å²) in [5.74, 6) is 2.35. The molecule has 0 radical (unpaired) electrons. The Hall–Kier alpha value is -1.36. The monoisotopic (exact) mass is 275 g/mol. The smallest absolute Gasteiger partial charge is 0.325 e. The van der Waals surface area contributed by atoms with Crippen molar-refractivity contribution in [3.63, 3.8) is 0 Å². The van der Waals surface area contributed by atoms with Crippen LogP contribution >= 0.6 is 0 Å². The molecule has 0 saturated heterocycles. The highest BCUT2D eigenvalue weighted by Crippen LogP contribution is 2.58. The van der Waals surface area contributed by atoms with Crippen molar-refractivity contribution >= 4 is 5.97 Å². The Morgan fingerprint density at radius 1 is 1.25 bits per heavy atom. The molecular weight excluding hydrogens is 254 g/mol. The van der Waals surface area contributed by atoms with Gasteiger partial charge in [-0.05, 0) is 55.8 Å². The Balaban J connectivity index is 1.60. The fraction of sp³-hybridized carbons (Fsp3) is 0.733. The first-order valence-corrected chi connectivity index (χ1v) is 7.64. The van der Waals surface area contributed by atoms with Gasteiger partial charge >= 0.3 is 5.97 Å². The van der Waals surface area contributed by atoms with E-state index in [1.54, 1.807) is 6.20 Å². The highest BCUT2D eigenvalue weighted by molar-refractivity contribution is 5.74. The van der Waals surface area contributed by atoms with Crippen molar-refractivity contribution in [2.24, 2.45) is 29.4 Å². The average Bonchev–Trinajstić information content (AvgIpc) is 2.85. The lowest BCUT2D eigenvalue weighted by Gasteiger charge is -2.54. The van der Waals surface area contributed by atoms with Crippen LogP contribution in [0.2, 0.25) is 0 Å². The summed E-state index contributed by atoms with van der Waals surface area (Å²) < 4.78 is 2.02. The van der Waals surface area contributed by atoms with Crippen molar-refractivity contribution in [2.75, 3.05) is 0 Å². The Kier molecular flexibility index (Phi) is 2.67. The zero-order valence-electron chi connectivity index (χ0n) is 11.5. The van der Waals surface area contributed by atoms with Crippen LogP contribution in [0.3, 0.4) is 0 Å². The molecule has 108 valence electrons. The highest BCUT2D eigenvalue weighted by Gasteiger charge is 2.49. The topological polar surface area (TPSA) is 81.1 Å². The molecule has 4 aliphatic carbocycles. The normalized spacial score (nSPS) is 40.0. The van der Waals surface area contributed by atoms with E-state index < -0.39 is 12.0 Å². The van der Waals surface area contributed by atoms with Crippen LogP contribution in [0.1, 0.15) is 49.8 Å². The second kappa shape index (κ2) is 4.32. The Bertz CT molecular complexity index is 511. The first kappa shape index (κ1) is 12.4. The number of carboxylic acids is 1. The largest absolute Gasteiger partial charge is 0.480 e. The summed E-state index contributed by atoms with van der Waals surface area (Å²) in [5.41, 5.74) is 6.29. The van der Waals surface area contributed by atoms with Crippen LogP contribution in [0.25, 0.3) is 0 Å². The molecule has 3 N–H and O–H groups in total. The zero-order valence-corrected chi connectivity index (χ0v) is 11.5. The maximum Gasteiger partial charge on any atom is 0.325 e. The Morgan fingerprint density at radius 3 is 2.40 bits per heavy atom. The summed E-state index contributed by atoms with van der Waals surface area (Å²) in [6.07, 6.45) is 10.3. The zero-order chi connectivity index (χ0) is 13.9. The molecule has 1 aromatic rings. The number of nitrogens with zero attached hydrogens (tertiary/aromatic N) is 2. The Morgan fingerprint density at radius 2 is 1.85 bits per heavy atom. The fourth-order valence-electron chi connectivity index (χ4n) is 5.15. The molecule has 20 heavy (non-hydrogen) atoms. The standard InChI is InChI=1S/C15H21N3O2/c16-13(15(19)20)12-6-17-18(7-12)14-10-2-8-1-9(4-10)5-11(14)3-8/h6-11,13-14H,1-5,16H2,(H,19,20). The molecule has 4 bridgehead atoms. The molecule has 5 heteroatoms. The van der Waals surface area contributed by atoms with Gasteiger partial charge in [0.2, 0.25) is 0 Å². The average molecular weight is 275 g/mol. The van der Waals surface area contributed by atoms with Gasteiger partial charge in [-0.1, -0.05) is 0 Å². The molecular formula is C15H21N3O2. The quantitative estimate of drug-likeness (QED) is 0.883. The van der Waals surface area contributed by atoms with Crippen molar-refractivity contribution in [3.05, 3.63) is 18.0 Å². The predicted molar refractivity (Wildman–Crippen MR) is 72.9 cm³/mol. The number of hydrogen-bond acceptors (Lipinski definition) is 3. The second-order valence-corrected chi connectivity index (χ2v) is 6.99. The third-order valence-corrected chi connectivity index (χ3v) is 5.73. The molecule has 5 nitrogen and oxygen atoms in total.